The number of aliphatic hydroxyl groups excluding tert-OH is 2. The van der Waals surface area contributed by atoms with Crippen molar-refractivity contribution >= 4 is 11.6 Å². The Kier molecular flexibility index (Phi) is 5.72. The van der Waals surface area contributed by atoms with Crippen LogP contribution >= 0.6 is 11.6 Å². The normalized spacial score (nSPS) is 12.6. The van der Waals surface area contributed by atoms with Gasteiger partial charge in [-0.05, 0) is 23.6 Å². The summed E-state index contributed by atoms with van der Waals surface area (Å²) in [5.74, 6) is 0.935. The van der Waals surface area contributed by atoms with Crippen LogP contribution in [0.2, 0.25) is 5.02 Å². The lowest BCUT2D eigenvalue weighted by Crippen LogP contribution is -2.23. The van der Waals surface area contributed by atoms with Crippen molar-refractivity contribution in [2.24, 2.45) is 5.92 Å². The van der Waals surface area contributed by atoms with E-state index in [1.165, 1.54) is 7.11 Å². The second-order valence-electron chi connectivity index (χ2n) is 4.39. The lowest BCUT2D eigenvalue weighted by molar-refractivity contribution is 0.0689. The molecule has 18 heavy (non-hydrogen) atoms. The van der Waals surface area contributed by atoms with E-state index < -0.39 is 6.10 Å². The summed E-state index contributed by atoms with van der Waals surface area (Å²) in [6.07, 6.45) is -0.566. The van der Waals surface area contributed by atoms with Gasteiger partial charge in [-0.2, -0.15) is 0 Å². The molecule has 4 nitrogen and oxygen atoms in total. The SMILES string of the molecule is COc1cc(CO)cc(Cl)c1OCC(O)C(C)C. The van der Waals surface area contributed by atoms with Crippen molar-refractivity contribution < 1.29 is 19.7 Å². The smallest absolute Gasteiger partial charge is 0.179 e. The van der Waals surface area contributed by atoms with Gasteiger partial charge >= 0.3 is 0 Å². The van der Waals surface area contributed by atoms with Gasteiger partial charge in [0.15, 0.2) is 11.5 Å². The maximum absolute atomic E-state index is 9.69. The Bertz CT molecular complexity index is 393. The third-order valence-electron chi connectivity index (χ3n) is 2.64. The first-order valence-electron chi connectivity index (χ1n) is 5.77. The first-order valence-corrected chi connectivity index (χ1v) is 6.15. The Balaban J connectivity index is 2.87. The summed E-state index contributed by atoms with van der Waals surface area (Å²) >= 11 is 6.06. The predicted octanol–water partition coefficient (Wildman–Crippen LogP) is 2.24. The molecule has 0 aliphatic rings. The summed E-state index contributed by atoms with van der Waals surface area (Å²) in [5.41, 5.74) is 0.647. The van der Waals surface area contributed by atoms with Crippen molar-refractivity contribution in [3.63, 3.8) is 0 Å². The van der Waals surface area contributed by atoms with Gasteiger partial charge in [0.1, 0.15) is 6.61 Å². The van der Waals surface area contributed by atoms with Gasteiger partial charge in [-0.25, -0.2) is 0 Å². The zero-order valence-corrected chi connectivity index (χ0v) is 11.6. The van der Waals surface area contributed by atoms with Crippen molar-refractivity contribution in [3.05, 3.63) is 22.7 Å². The van der Waals surface area contributed by atoms with Gasteiger partial charge in [0, 0.05) is 0 Å². The van der Waals surface area contributed by atoms with E-state index >= 15 is 0 Å². The highest BCUT2D eigenvalue weighted by molar-refractivity contribution is 6.32. The number of aliphatic hydroxyl groups is 2. The number of halogens is 1. The third-order valence-corrected chi connectivity index (χ3v) is 2.92. The molecule has 0 heterocycles. The molecule has 0 aliphatic heterocycles. The summed E-state index contributed by atoms with van der Waals surface area (Å²) in [6.45, 7) is 3.83. The molecule has 102 valence electrons. The summed E-state index contributed by atoms with van der Waals surface area (Å²) in [6, 6.07) is 3.27. The summed E-state index contributed by atoms with van der Waals surface area (Å²) in [5, 5.41) is 19.1. The van der Waals surface area contributed by atoms with Gasteiger partial charge in [0.2, 0.25) is 0 Å². The van der Waals surface area contributed by atoms with E-state index in [2.05, 4.69) is 0 Å². The molecule has 1 atom stereocenters. The maximum Gasteiger partial charge on any atom is 0.179 e. The Hall–Kier alpha value is -0.970. The van der Waals surface area contributed by atoms with Crippen LogP contribution in [0.15, 0.2) is 12.1 Å². The lowest BCUT2D eigenvalue weighted by atomic mass is 10.1. The molecule has 0 aliphatic carbocycles. The van der Waals surface area contributed by atoms with Crippen LogP contribution in [-0.2, 0) is 6.61 Å². The van der Waals surface area contributed by atoms with E-state index in [1.54, 1.807) is 12.1 Å². The van der Waals surface area contributed by atoms with E-state index in [4.69, 9.17) is 26.2 Å². The number of methoxy groups -OCH3 is 1. The zero-order valence-electron chi connectivity index (χ0n) is 10.8. The summed E-state index contributed by atoms with van der Waals surface area (Å²) in [7, 11) is 1.50. The molecule has 0 spiro atoms. The van der Waals surface area contributed by atoms with Gasteiger partial charge < -0.3 is 19.7 Å². The van der Waals surface area contributed by atoms with Gasteiger partial charge in [-0.1, -0.05) is 25.4 Å². The lowest BCUT2D eigenvalue weighted by Gasteiger charge is -2.18. The van der Waals surface area contributed by atoms with Crippen molar-refractivity contribution in [1.82, 2.24) is 0 Å². The van der Waals surface area contributed by atoms with Crippen LogP contribution in [0.1, 0.15) is 19.4 Å². The van der Waals surface area contributed by atoms with Crippen LogP contribution in [0.25, 0.3) is 0 Å². The molecule has 0 saturated heterocycles. The summed E-state index contributed by atoms with van der Waals surface area (Å²) < 4.78 is 10.7. The minimum absolute atomic E-state index is 0.103. The van der Waals surface area contributed by atoms with Gasteiger partial charge in [-0.3, -0.25) is 0 Å². The molecule has 0 bridgehead atoms. The number of hydrogen-bond donors (Lipinski definition) is 2. The maximum atomic E-state index is 9.69. The molecule has 1 rings (SSSR count). The van der Waals surface area contributed by atoms with E-state index in [0.717, 1.165) is 0 Å². The number of hydrogen-bond acceptors (Lipinski definition) is 4. The minimum Gasteiger partial charge on any atom is -0.493 e. The highest BCUT2D eigenvalue weighted by Crippen LogP contribution is 2.36. The third kappa shape index (κ3) is 3.77. The Morgan fingerprint density at radius 2 is 2.00 bits per heavy atom. The molecular formula is C13H19ClO4. The summed E-state index contributed by atoms with van der Waals surface area (Å²) in [4.78, 5) is 0. The average molecular weight is 275 g/mol. The highest BCUT2D eigenvalue weighted by Gasteiger charge is 2.15. The average Bonchev–Trinajstić information content (AvgIpc) is 2.35. The molecule has 1 unspecified atom stereocenters. The molecule has 2 N–H and O–H groups in total. The van der Waals surface area contributed by atoms with Crippen LogP contribution in [0, 0.1) is 5.92 Å². The first-order chi connectivity index (χ1) is 8.49. The Labute approximate surface area is 112 Å². The van der Waals surface area contributed by atoms with Crippen LogP contribution < -0.4 is 9.47 Å². The van der Waals surface area contributed by atoms with E-state index in [-0.39, 0.29) is 19.1 Å². The molecular weight excluding hydrogens is 256 g/mol. The van der Waals surface area contributed by atoms with Crippen molar-refractivity contribution in [2.75, 3.05) is 13.7 Å². The first kappa shape index (κ1) is 15.1. The number of benzene rings is 1. The fraction of sp³-hybridized carbons (Fsp3) is 0.538. The van der Waals surface area contributed by atoms with Crippen LogP contribution in [0.5, 0.6) is 11.5 Å². The molecule has 0 radical (unpaired) electrons. The second-order valence-corrected chi connectivity index (χ2v) is 4.80. The standard InChI is InChI=1S/C13H19ClO4/c1-8(2)11(16)7-18-13-10(14)4-9(6-15)5-12(13)17-3/h4-5,8,11,15-16H,6-7H2,1-3H3. The number of ether oxygens (including phenoxy) is 2. The fourth-order valence-electron chi connectivity index (χ4n) is 1.37. The molecule has 5 heteroatoms. The van der Waals surface area contributed by atoms with E-state index in [0.29, 0.717) is 22.1 Å². The van der Waals surface area contributed by atoms with E-state index in [1.807, 2.05) is 13.8 Å². The quantitative estimate of drug-likeness (QED) is 0.835. The number of rotatable bonds is 6. The molecule has 0 amide bonds. The molecule has 1 aromatic rings. The molecule has 0 fully saturated rings. The van der Waals surface area contributed by atoms with Crippen molar-refractivity contribution in [3.8, 4) is 11.5 Å². The van der Waals surface area contributed by atoms with E-state index in [9.17, 15) is 5.11 Å². The fourth-order valence-corrected chi connectivity index (χ4v) is 1.65. The van der Waals surface area contributed by atoms with Crippen molar-refractivity contribution in [1.29, 1.82) is 0 Å². The second kappa shape index (κ2) is 6.83. The van der Waals surface area contributed by atoms with Gasteiger partial charge in [0.25, 0.3) is 0 Å². The van der Waals surface area contributed by atoms with Crippen LogP contribution in [0.3, 0.4) is 0 Å². The zero-order chi connectivity index (χ0) is 13.7. The highest BCUT2D eigenvalue weighted by atomic mass is 35.5. The van der Waals surface area contributed by atoms with Gasteiger partial charge in [0.05, 0.1) is 24.8 Å². The molecule has 0 aromatic heterocycles. The Morgan fingerprint density at radius 3 is 2.50 bits per heavy atom. The van der Waals surface area contributed by atoms with Crippen LogP contribution in [-0.4, -0.2) is 30.0 Å². The largest absolute Gasteiger partial charge is 0.493 e. The molecule has 1 aromatic carbocycles. The monoisotopic (exact) mass is 274 g/mol. The Morgan fingerprint density at radius 1 is 1.33 bits per heavy atom. The molecule has 0 saturated carbocycles. The topological polar surface area (TPSA) is 58.9 Å². The predicted molar refractivity (Wildman–Crippen MR) is 70.3 cm³/mol. The van der Waals surface area contributed by atoms with Gasteiger partial charge in [-0.15, -0.1) is 0 Å². The van der Waals surface area contributed by atoms with Crippen molar-refractivity contribution in [2.45, 2.75) is 26.6 Å². The van der Waals surface area contributed by atoms with Crippen LogP contribution in [0.4, 0.5) is 0 Å². The minimum atomic E-state index is -0.566.